The van der Waals surface area contributed by atoms with E-state index in [0.29, 0.717) is 23.8 Å². The number of fused-ring (bicyclic) bond motifs is 1. The van der Waals surface area contributed by atoms with Gasteiger partial charge in [-0.25, -0.2) is 9.37 Å². The first-order chi connectivity index (χ1) is 12.7. The zero-order valence-corrected chi connectivity index (χ0v) is 14.6. The van der Waals surface area contributed by atoms with E-state index in [9.17, 15) is 9.18 Å². The summed E-state index contributed by atoms with van der Waals surface area (Å²) in [7, 11) is 0. The first-order valence-corrected chi connectivity index (χ1v) is 8.93. The Labute approximate surface area is 153 Å². The van der Waals surface area contributed by atoms with Crippen molar-refractivity contribution in [2.24, 2.45) is 0 Å². The quantitative estimate of drug-likeness (QED) is 0.537. The van der Waals surface area contributed by atoms with Crippen molar-refractivity contribution in [1.29, 1.82) is 0 Å². The SMILES string of the molecule is O=C(c1cccc(F)c1)N(CCn1cccn1)c1nc2ccccc2s1. The van der Waals surface area contributed by atoms with E-state index in [1.54, 1.807) is 21.8 Å². The number of rotatable bonds is 5. The van der Waals surface area contributed by atoms with Crippen LogP contribution in [0.2, 0.25) is 0 Å². The van der Waals surface area contributed by atoms with Crippen molar-refractivity contribution in [3.05, 3.63) is 78.4 Å². The minimum Gasteiger partial charge on any atom is -0.282 e. The van der Waals surface area contributed by atoms with Crippen molar-refractivity contribution < 1.29 is 9.18 Å². The predicted octanol–water partition coefficient (Wildman–Crippen LogP) is 3.98. The molecule has 0 aliphatic carbocycles. The van der Waals surface area contributed by atoms with Crippen LogP contribution >= 0.6 is 11.3 Å². The summed E-state index contributed by atoms with van der Waals surface area (Å²) < 4.78 is 16.3. The van der Waals surface area contributed by atoms with Crippen molar-refractivity contribution >= 4 is 32.6 Å². The molecule has 0 aliphatic rings. The first kappa shape index (κ1) is 16.4. The van der Waals surface area contributed by atoms with Crippen molar-refractivity contribution in [2.75, 3.05) is 11.4 Å². The van der Waals surface area contributed by atoms with E-state index in [4.69, 9.17) is 0 Å². The maximum Gasteiger partial charge on any atom is 0.260 e. The lowest BCUT2D eigenvalue weighted by atomic mass is 10.2. The Morgan fingerprint density at radius 2 is 2.04 bits per heavy atom. The Morgan fingerprint density at radius 1 is 1.15 bits per heavy atom. The standard InChI is InChI=1S/C19H15FN4OS/c20-15-6-3-5-14(13-15)18(25)24(12-11-23-10-4-9-21-23)19-22-16-7-1-2-8-17(16)26-19/h1-10,13H,11-12H2. The summed E-state index contributed by atoms with van der Waals surface area (Å²) in [4.78, 5) is 19.2. The highest BCUT2D eigenvalue weighted by atomic mass is 32.1. The third-order valence-corrected chi connectivity index (χ3v) is 5.00. The van der Waals surface area contributed by atoms with Gasteiger partial charge in [-0.15, -0.1) is 0 Å². The van der Waals surface area contributed by atoms with Crippen LogP contribution in [-0.4, -0.2) is 27.2 Å². The predicted molar refractivity (Wildman–Crippen MR) is 99.9 cm³/mol. The van der Waals surface area contributed by atoms with E-state index in [1.807, 2.05) is 36.5 Å². The van der Waals surface area contributed by atoms with E-state index in [0.717, 1.165) is 10.2 Å². The van der Waals surface area contributed by atoms with Gasteiger partial charge < -0.3 is 0 Å². The number of benzene rings is 2. The number of aromatic nitrogens is 3. The Hall–Kier alpha value is -3.06. The molecule has 0 aliphatic heterocycles. The number of hydrogen-bond donors (Lipinski definition) is 0. The molecule has 0 radical (unpaired) electrons. The minimum absolute atomic E-state index is 0.282. The molecule has 5 nitrogen and oxygen atoms in total. The first-order valence-electron chi connectivity index (χ1n) is 8.11. The maximum absolute atomic E-state index is 13.6. The van der Waals surface area contributed by atoms with Gasteiger partial charge in [-0.2, -0.15) is 5.10 Å². The summed E-state index contributed by atoms with van der Waals surface area (Å²) >= 11 is 1.44. The zero-order chi connectivity index (χ0) is 17.9. The third-order valence-electron chi connectivity index (χ3n) is 3.94. The van der Waals surface area contributed by atoms with E-state index in [-0.39, 0.29) is 5.91 Å². The van der Waals surface area contributed by atoms with E-state index >= 15 is 0 Å². The molecule has 0 bridgehead atoms. The van der Waals surface area contributed by atoms with Crippen LogP contribution in [0.5, 0.6) is 0 Å². The number of para-hydroxylation sites is 1. The van der Waals surface area contributed by atoms with Gasteiger partial charge in [0, 0.05) is 24.5 Å². The van der Waals surface area contributed by atoms with Crippen molar-refractivity contribution in [2.45, 2.75) is 6.54 Å². The molecule has 1 amide bonds. The number of nitrogens with zero attached hydrogens (tertiary/aromatic N) is 4. The van der Waals surface area contributed by atoms with Gasteiger partial charge in [0.05, 0.1) is 16.8 Å². The van der Waals surface area contributed by atoms with Gasteiger partial charge in [-0.1, -0.05) is 29.5 Å². The van der Waals surface area contributed by atoms with Gasteiger partial charge in [0.25, 0.3) is 5.91 Å². The summed E-state index contributed by atoms with van der Waals surface area (Å²) in [5, 5.41) is 4.76. The molecule has 0 spiro atoms. The molecule has 0 saturated carbocycles. The molecule has 26 heavy (non-hydrogen) atoms. The molecular weight excluding hydrogens is 351 g/mol. The van der Waals surface area contributed by atoms with E-state index in [1.165, 1.54) is 29.5 Å². The second kappa shape index (κ2) is 7.05. The van der Waals surface area contributed by atoms with Crippen LogP contribution in [0, 0.1) is 5.82 Å². The lowest BCUT2D eigenvalue weighted by molar-refractivity contribution is 0.0985. The van der Waals surface area contributed by atoms with Crippen molar-refractivity contribution in [3.63, 3.8) is 0 Å². The number of amides is 1. The fourth-order valence-corrected chi connectivity index (χ4v) is 3.66. The Kier molecular flexibility index (Phi) is 4.45. The van der Waals surface area contributed by atoms with Crippen LogP contribution < -0.4 is 4.90 Å². The smallest absolute Gasteiger partial charge is 0.260 e. The molecule has 0 fully saturated rings. The van der Waals surface area contributed by atoms with Gasteiger partial charge in [0.2, 0.25) is 0 Å². The molecule has 130 valence electrons. The molecular formula is C19H15FN4OS. The lowest BCUT2D eigenvalue weighted by Gasteiger charge is -2.20. The summed E-state index contributed by atoms with van der Waals surface area (Å²) in [6.07, 6.45) is 3.53. The highest BCUT2D eigenvalue weighted by Crippen LogP contribution is 2.29. The lowest BCUT2D eigenvalue weighted by Crippen LogP contribution is -2.34. The van der Waals surface area contributed by atoms with Crippen LogP contribution in [0.4, 0.5) is 9.52 Å². The minimum atomic E-state index is -0.438. The van der Waals surface area contributed by atoms with Gasteiger partial charge >= 0.3 is 0 Å². The molecule has 2 heterocycles. The number of carbonyl (C=O) groups is 1. The van der Waals surface area contributed by atoms with Crippen molar-refractivity contribution in [3.8, 4) is 0 Å². The second-order valence-electron chi connectivity index (χ2n) is 5.70. The average Bonchev–Trinajstić information content (AvgIpc) is 3.31. The maximum atomic E-state index is 13.6. The molecule has 2 aromatic carbocycles. The van der Waals surface area contributed by atoms with Crippen LogP contribution in [0.3, 0.4) is 0 Å². The summed E-state index contributed by atoms with van der Waals surface area (Å²) in [5.74, 6) is -0.720. The van der Waals surface area contributed by atoms with E-state index < -0.39 is 5.82 Å². The monoisotopic (exact) mass is 366 g/mol. The fraction of sp³-hybridized carbons (Fsp3) is 0.105. The van der Waals surface area contributed by atoms with Crippen LogP contribution in [0.25, 0.3) is 10.2 Å². The summed E-state index contributed by atoms with van der Waals surface area (Å²) in [5.41, 5.74) is 1.13. The van der Waals surface area contributed by atoms with Gasteiger partial charge in [-0.3, -0.25) is 14.4 Å². The average molecular weight is 366 g/mol. The largest absolute Gasteiger partial charge is 0.282 e. The van der Waals surface area contributed by atoms with E-state index in [2.05, 4.69) is 10.1 Å². The van der Waals surface area contributed by atoms with Gasteiger partial charge in [0.15, 0.2) is 5.13 Å². The third kappa shape index (κ3) is 3.34. The highest BCUT2D eigenvalue weighted by molar-refractivity contribution is 7.22. The Balaban J connectivity index is 1.69. The van der Waals surface area contributed by atoms with Crippen LogP contribution in [-0.2, 0) is 6.54 Å². The summed E-state index contributed by atoms with van der Waals surface area (Å²) in [6, 6.07) is 15.3. The van der Waals surface area contributed by atoms with Gasteiger partial charge in [0.1, 0.15) is 5.82 Å². The van der Waals surface area contributed by atoms with Crippen LogP contribution in [0.15, 0.2) is 67.0 Å². The number of halogens is 1. The highest BCUT2D eigenvalue weighted by Gasteiger charge is 2.21. The Bertz CT molecular complexity index is 1010. The second-order valence-corrected chi connectivity index (χ2v) is 6.71. The van der Waals surface area contributed by atoms with Crippen LogP contribution in [0.1, 0.15) is 10.4 Å². The molecule has 0 saturated heterocycles. The molecule has 7 heteroatoms. The molecule has 0 N–H and O–H groups in total. The molecule has 0 atom stereocenters. The normalized spacial score (nSPS) is 11.0. The number of anilines is 1. The topological polar surface area (TPSA) is 51.0 Å². The molecule has 4 rings (SSSR count). The Morgan fingerprint density at radius 3 is 2.81 bits per heavy atom. The van der Waals surface area contributed by atoms with Crippen molar-refractivity contribution in [1.82, 2.24) is 14.8 Å². The number of carbonyl (C=O) groups excluding carboxylic acids is 1. The fourth-order valence-electron chi connectivity index (χ4n) is 2.67. The zero-order valence-electron chi connectivity index (χ0n) is 13.7. The number of thiazole rings is 1. The summed E-state index contributed by atoms with van der Waals surface area (Å²) in [6.45, 7) is 0.904. The number of hydrogen-bond acceptors (Lipinski definition) is 4. The molecule has 2 aromatic heterocycles. The molecule has 0 unspecified atom stereocenters. The van der Waals surface area contributed by atoms with Gasteiger partial charge in [-0.05, 0) is 36.4 Å². The molecule has 4 aromatic rings.